The minimum Gasteiger partial charge on any atom is -0.349 e. The van der Waals surface area contributed by atoms with Crippen LogP contribution in [0.5, 0.6) is 0 Å². The SMILES string of the molecule is Cc1ccc(Br)cc1C(=O)NC1CCCC1. The Bertz CT molecular complexity index is 397. The van der Waals surface area contributed by atoms with Gasteiger partial charge in [-0.2, -0.15) is 0 Å². The van der Waals surface area contributed by atoms with Crippen LogP contribution in [0.4, 0.5) is 0 Å². The van der Waals surface area contributed by atoms with Gasteiger partial charge in [-0.25, -0.2) is 0 Å². The lowest BCUT2D eigenvalue weighted by Gasteiger charge is -2.13. The molecule has 0 spiro atoms. The highest BCUT2D eigenvalue weighted by molar-refractivity contribution is 9.10. The Morgan fingerprint density at radius 3 is 2.75 bits per heavy atom. The molecule has 1 saturated carbocycles. The number of benzene rings is 1. The third kappa shape index (κ3) is 2.64. The number of amides is 1. The molecule has 1 aliphatic rings. The molecule has 0 unspecified atom stereocenters. The van der Waals surface area contributed by atoms with E-state index in [0.717, 1.165) is 28.4 Å². The summed E-state index contributed by atoms with van der Waals surface area (Å²) in [6.07, 6.45) is 4.72. The van der Waals surface area contributed by atoms with Gasteiger partial charge in [-0.05, 0) is 37.5 Å². The molecule has 0 atom stereocenters. The quantitative estimate of drug-likeness (QED) is 0.884. The zero-order valence-corrected chi connectivity index (χ0v) is 11.0. The number of aryl methyl sites for hydroxylation is 1. The van der Waals surface area contributed by atoms with Gasteiger partial charge in [0.2, 0.25) is 0 Å². The highest BCUT2D eigenvalue weighted by atomic mass is 79.9. The summed E-state index contributed by atoms with van der Waals surface area (Å²) in [6, 6.07) is 6.19. The summed E-state index contributed by atoms with van der Waals surface area (Å²) in [4.78, 5) is 12.0. The maximum absolute atomic E-state index is 12.0. The van der Waals surface area contributed by atoms with Gasteiger partial charge in [-0.3, -0.25) is 4.79 Å². The summed E-state index contributed by atoms with van der Waals surface area (Å²) in [6.45, 7) is 1.97. The fourth-order valence-electron chi connectivity index (χ4n) is 2.17. The van der Waals surface area contributed by atoms with Crippen LogP contribution in [0.15, 0.2) is 22.7 Å². The monoisotopic (exact) mass is 281 g/mol. The van der Waals surface area contributed by atoms with Crippen molar-refractivity contribution in [2.75, 3.05) is 0 Å². The Balaban J connectivity index is 2.10. The van der Waals surface area contributed by atoms with E-state index < -0.39 is 0 Å². The van der Waals surface area contributed by atoms with Crippen molar-refractivity contribution >= 4 is 21.8 Å². The van der Waals surface area contributed by atoms with Crippen molar-refractivity contribution in [1.29, 1.82) is 0 Å². The van der Waals surface area contributed by atoms with Gasteiger partial charge in [0.25, 0.3) is 5.91 Å². The summed E-state index contributed by atoms with van der Waals surface area (Å²) >= 11 is 3.40. The van der Waals surface area contributed by atoms with E-state index in [0.29, 0.717) is 6.04 Å². The maximum atomic E-state index is 12.0. The lowest BCUT2D eigenvalue weighted by molar-refractivity contribution is 0.0937. The number of carbonyl (C=O) groups excluding carboxylic acids is 1. The molecule has 0 radical (unpaired) electrons. The van der Waals surface area contributed by atoms with Crippen molar-refractivity contribution in [2.24, 2.45) is 0 Å². The molecule has 0 aromatic heterocycles. The lowest BCUT2D eigenvalue weighted by atomic mass is 10.1. The van der Waals surface area contributed by atoms with Gasteiger partial charge in [0.1, 0.15) is 0 Å². The van der Waals surface area contributed by atoms with Crippen LogP contribution in [0.25, 0.3) is 0 Å². The summed E-state index contributed by atoms with van der Waals surface area (Å²) in [5, 5.41) is 3.10. The van der Waals surface area contributed by atoms with Gasteiger partial charge in [-0.15, -0.1) is 0 Å². The number of nitrogens with one attached hydrogen (secondary N) is 1. The van der Waals surface area contributed by atoms with Crippen LogP contribution in [0.3, 0.4) is 0 Å². The van der Waals surface area contributed by atoms with Crippen LogP contribution in [-0.4, -0.2) is 11.9 Å². The van der Waals surface area contributed by atoms with E-state index in [9.17, 15) is 4.79 Å². The Hall–Kier alpha value is -0.830. The van der Waals surface area contributed by atoms with Crippen molar-refractivity contribution in [3.8, 4) is 0 Å². The molecule has 1 N–H and O–H groups in total. The van der Waals surface area contributed by atoms with E-state index in [1.807, 2.05) is 25.1 Å². The molecule has 0 saturated heterocycles. The van der Waals surface area contributed by atoms with Crippen LogP contribution in [0.1, 0.15) is 41.6 Å². The highest BCUT2D eigenvalue weighted by Gasteiger charge is 2.18. The average Bonchev–Trinajstić information content (AvgIpc) is 2.74. The average molecular weight is 282 g/mol. The van der Waals surface area contributed by atoms with E-state index in [2.05, 4.69) is 21.2 Å². The Labute approximate surface area is 105 Å². The second-order valence-corrected chi connectivity index (χ2v) is 5.33. The lowest BCUT2D eigenvalue weighted by Crippen LogP contribution is -2.32. The van der Waals surface area contributed by atoms with Crippen molar-refractivity contribution in [3.63, 3.8) is 0 Å². The zero-order chi connectivity index (χ0) is 11.5. The summed E-state index contributed by atoms with van der Waals surface area (Å²) < 4.78 is 0.953. The van der Waals surface area contributed by atoms with Gasteiger partial charge in [-0.1, -0.05) is 34.8 Å². The van der Waals surface area contributed by atoms with E-state index in [4.69, 9.17) is 0 Å². The zero-order valence-electron chi connectivity index (χ0n) is 9.42. The largest absolute Gasteiger partial charge is 0.349 e. The molecular weight excluding hydrogens is 266 g/mol. The van der Waals surface area contributed by atoms with Crippen LogP contribution < -0.4 is 5.32 Å². The molecular formula is C13H16BrNO. The smallest absolute Gasteiger partial charge is 0.251 e. The molecule has 0 heterocycles. The van der Waals surface area contributed by atoms with Crippen LogP contribution >= 0.6 is 15.9 Å². The Kier molecular flexibility index (Phi) is 3.64. The van der Waals surface area contributed by atoms with Gasteiger partial charge in [0, 0.05) is 16.1 Å². The first-order valence-corrected chi connectivity index (χ1v) is 6.53. The van der Waals surface area contributed by atoms with E-state index >= 15 is 0 Å². The molecule has 1 amide bonds. The molecule has 0 bridgehead atoms. The van der Waals surface area contributed by atoms with E-state index in [-0.39, 0.29) is 5.91 Å². The van der Waals surface area contributed by atoms with Crippen molar-refractivity contribution < 1.29 is 4.79 Å². The molecule has 86 valence electrons. The first kappa shape index (κ1) is 11.6. The van der Waals surface area contributed by atoms with Crippen molar-refractivity contribution in [3.05, 3.63) is 33.8 Å². The third-order valence-electron chi connectivity index (χ3n) is 3.13. The van der Waals surface area contributed by atoms with Gasteiger partial charge in [0.05, 0.1) is 0 Å². The summed E-state index contributed by atoms with van der Waals surface area (Å²) in [7, 11) is 0. The topological polar surface area (TPSA) is 29.1 Å². The predicted molar refractivity (Wildman–Crippen MR) is 68.6 cm³/mol. The van der Waals surface area contributed by atoms with Crippen LogP contribution in [0, 0.1) is 6.92 Å². The van der Waals surface area contributed by atoms with Crippen molar-refractivity contribution in [2.45, 2.75) is 38.6 Å². The molecule has 2 nitrogen and oxygen atoms in total. The van der Waals surface area contributed by atoms with Gasteiger partial charge < -0.3 is 5.32 Å². The summed E-state index contributed by atoms with van der Waals surface area (Å²) in [5.74, 6) is 0.0608. The molecule has 0 aliphatic heterocycles. The molecule has 1 aromatic carbocycles. The second-order valence-electron chi connectivity index (χ2n) is 4.41. The molecule has 16 heavy (non-hydrogen) atoms. The number of hydrogen-bond donors (Lipinski definition) is 1. The first-order chi connectivity index (χ1) is 7.66. The number of hydrogen-bond acceptors (Lipinski definition) is 1. The fraction of sp³-hybridized carbons (Fsp3) is 0.462. The first-order valence-electron chi connectivity index (χ1n) is 5.74. The Morgan fingerprint density at radius 2 is 2.06 bits per heavy atom. The summed E-state index contributed by atoms with van der Waals surface area (Å²) in [5.41, 5.74) is 1.81. The predicted octanol–water partition coefficient (Wildman–Crippen LogP) is 3.43. The third-order valence-corrected chi connectivity index (χ3v) is 3.63. The molecule has 1 fully saturated rings. The standard InChI is InChI=1S/C13H16BrNO/c1-9-6-7-10(14)8-12(9)13(16)15-11-4-2-3-5-11/h6-8,11H,2-5H2,1H3,(H,15,16). The Morgan fingerprint density at radius 1 is 1.38 bits per heavy atom. The van der Waals surface area contributed by atoms with Crippen molar-refractivity contribution in [1.82, 2.24) is 5.32 Å². The van der Waals surface area contributed by atoms with Crippen LogP contribution in [0.2, 0.25) is 0 Å². The number of carbonyl (C=O) groups is 1. The molecule has 2 rings (SSSR count). The molecule has 3 heteroatoms. The van der Waals surface area contributed by atoms with Gasteiger partial charge >= 0.3 is 0 Å². The molecule has 1 aliphatic carbocycles. The maximum Gasteiger partial charge on any atom is 0.251 e. The minimum absolute atomic E-state index is 0.0608. The van der Waals surface area contributed by atoms with E-state index in [1.165, 1.54) is 12.8 Å². The molecule has 1 aromatic rings. The fourth-order valence-corrected chi connectivity index (χ4v) is 2.53. The van der Waals surface area contributed by atoms with Gasteiger partial charge in [0.15, 0.2) is 0 Å². The van der Waals surface area contributed by atoms with Crippen LogP contribution in [-0.2, 0) is 0 Å². The minimum atomic E-state index is 0.0608. The number of rotatable bonds is 2. The highest BCUT2D eigenvalue weighted by Crippen LogP contribution is 2.20. The number of halogens is 1. The normalized spacial score (nSPS) is 16.4. The second kappa shape index (κ2) is 5.00. The van der Waals surface area contributed by atoms with E-state index in [1.54, 1.807) is 0 Å².